The lowest BCUT2D eigenvalue weighted by atomic mass is 10.0. The highest BCUT2D eigenvalue weighted by Crippen LogP contribution is 2.39. The van der Waals surface area contributed by atoms with Gasteiger partial charge in [-0.25, -0.2) is 8.42 Å². The van der Waals surface area contributed by atoms with Crippen LogP contribution in [0.3, 0.4) is 0 Å². The van der Waals surface area contributed by atoms with Crippen LogP contribution in [-0.2, 0) is 14.6 Å². The summed E-state index contributed by atoms with van der Waals surface area (Å²) in [5.41, 5.74) is 1.64. The number of halogens is 1. The molecule has 3 rings (SSSR count). The van der Waals surface area contributed by atoms with Crippen molar-refractivity contribution >= 4 is 33.0 Å². The summed E-state index contributed by atoms with van der Waals surface area (Å²) in [5.74, 6) is 0.0438. The quantitative estimate of drug-likeness (QED) is 0.794. The molecule has 0 aromatic heterocycles. The number of anilines is 1. The summed E-state index contributed by atoms with van der Waals surface area (Å²) >= 11 is 6.19. The Kier molecular flexibility index (Phi) is 2.87. The van der Waals surface area contributed by atoms with Crippen molar-refractivity contribution < 1.29 is 13.2 Å². The van der Waals surface area contributed by atoms with Crippen LogP contribution < -0.4 is 4.90 Å². The average Bonchev–Trinajstić information content (AvgIpc) is 2.70. The molecule has 2 aliphatic heterocycles. The van der Waals surface area contributed by atoms with Gasteiger partial charge in [0.1, 0.15) is 0 Å². The number of nitrogens with zero attached hydrogens (tertiary/aromatic N) is 1. The number of rotatable bonds is 1. The normalized spacial score (nSPS) is 28.7. The van der Waals surface area contributed by atoms with Gasteiger partial charge in [-0.1, -0.05) is 17.7 Å². The maximum absolute atomic E-state index is 12.1. The van der Waals surface area contributed by atoms with Crippen LogP contribution in [0.1, 0.15) is 12.0 Å². The van der Waals surface area contributed by atoms with E-state index in [9.17, 15) is 13.2 Å². The van der Waals surface area contributed by atoms with Crippen molar-refractivity contribution in [2.24, 2.45) is 5.92 Å². The molecule has 0 saturated carbocycles. The maximum atomic E-state index is 12.1. The Morgan fingerprint density at radius 3 is 2.74 bits per heavy atom. The Bertz CT molecular complexity index is 656. The molecule has 102 valence electrons. The largest absolute Gasteiger partial charge is 0.306 e. The van der Waals surface area contributed by atoms with E-state index in [1.165, 1.54) is 0 Å². The summed E-state index contributed by atoms with van der Waals surface area (Å²) in [5, 5.41) is 0.498. The summed E-state index contributed by atoms with van der Waals surface area (Å²) < 4.78 is 23.4. The lowest BCUT2D eigenvalue weighted by Gasteiger charge is -2.24. The van der Waals surface area contributed by atoms with E-state index in [1.807, 2.05) is 13.0 Å². The number of carbonyl (C=O) groups excluding carboxylic acids is 1. The Hall–Kier alpha value is -1.07. The molecule has 0 radical (unpaired) electrons. The van der Waals surface area contributed by atoms with E-state index < -0.39 is 9.84 Å². The topological polar surface area (TPSA) is 54.5 Å². The minimum absolute atomic E-state index is 0.0318. The van der Waals surface area contributed by atoms with Gasteiger partial charge in [0.15, 0.2) is 9.84 Å². The van der Waals surface area contributed by atoms with E-state index in [0.717, 1.165) is 5.56 Å². The fourth-order valence-corrected chi connectivity index (χ4v) is 5.41. The molecule has 0 spiro atoms. The van der Waals surface area contributed by atoms with E-state index in [0.29, 0.717) is 17.1 Å². The number of carbonyl (C=O) groups is 1. The minimum atomic E-state index is -3.03. The summed E-state index contributed by atoms with van der Waals surface area (Å²) in [6, 6.07) is 5.22. The molecule has 2 heterocycles. The second kappa shape index (κ2) is 4.21. The number of fused-ring (bicyclic) bond motifs is 1. The third-order valence-electron chi connectivity index (χ3n) is 3.84. The molecule has 19 heavy (non-hydrogen) atoms. The molecule has 1 aromatic rings. The Morgan fingerprint density at radius 1 is 1.32 bits per heavy atom. The van der Waals surface area contributed by atoms with Crippen LogP contribution in [0.25, 0.3) is 0 Å². The van der Waals surface area contributed by atoms with Crippen molar-refractivity contribution in [3.63, 3.8) is 0 Å². The van der Waals surface area contributed by atoms with Crippen LogP contribution in [-0.4, -0.2) is 31.9 Å². The monoisotopic (exact) mass is 299 g/mol. The Balaban J connectivity index is 2.02. The van der Waals surface area contributed by atoms with Crippen LogP contribution in [0.15, 0.2) is 18.2 Å². The second-order valence-corrected chi connectivity index (χ2v) is 7.89. The van der Waals surface area contributed by atoms with Gasteiger partial charge in [0.25, 0.3) is 0 Å². The molecule has 4 nitrogen and oxygen atoms in total. The van der Waals surface area contributed by atoms with Crippen LogP contribution in [0.4, 0.5) is 5.69 Å². The molecule has 2 saturated heterocycles. The van der Waals surface area contributed by atoms with Crippen molar-refractivity contribution in [1.82, 2.24) is 0 Å². The van der Waals surface area contributed by atoms with Crippen LogP contribution in [0.5, 0.6) is 0 Å². The highest BCUT2D eigenvalue weighted by molar-refractivity contribution is 7.91. The van der Waals surface area contributed by atoms with E-state index in [2.05, 4.69) is 0 Å². The van der Waals surface area contributed by atoms with Gasteiger partial charge < -0.3 is 4.90 Å². The van der Waals surface area contributed by atoms with Gasteiger partial charge in [-0.15, -0.1) is 0 Å². The van der Waals surface area contributed by atoms with Crippen molar-refractivity contribution in [2.45, 2.75) is 19.4 Å². The first-order valence-electron chi connectivity index (χ1n) is 6.16. The van der Waals surface area contributed by atoms with Gasteiger partial charge in [-0.2, -0.15) is 0 Å². The van der Waals surface area contributed by atoms with Crippen molar-refractivity contribution in [1.29, 1.82) is 0 Å². The molecule has 6 heteroatoms. The maximum Gasteiger partial charge on any atom is 0.227 e. The molecular formula is C13H14ClNO3S. The van der Waals surface area contributed by atoms with E-state index in [4.69, 9.17) is 11.6 Å². The Morgan fingerprint density at radius 2 is 2.05 bits per heavy atom. The average molecular weight is 300 g/mol. The van der Waals surface area contributed by atoms with Gasteiger partial charge in [-0.05, 0) is 24.6 Å². The van der Waals surface area contributed by atoms with Gasteiger partial charge in [0, 0.05) is 12.3 Å². The molecular weight excluding hydrogens is 286 g/mol. The zero-order chi connectivity index (χ0) is 13.8. The van der Waals surface area contributed by atoms with Crippen molar-refractivity contribution in [3.8, 4) is 0 Å². The van der Waals surface area contributed by atoms with Crippen LogP contribution in [0.2, 0.25) is 5.02 Å². The van der Waals surface area contributed by atoms with Gasteiger partial charge in [0.05, 0.1) is 28.3 Å². The highest BCUT2D eigenvalue weighted by Gasteiger charge is 2.49. The predicted molar refractivity (Wildman–Crippen MR) is 74.2 cm³/mol. The molecule has 2 atom stereocenters. The summed E-state index contributed by atoms with van der Waals surface area (Å²) in [4.78, 5) is 13.7. The number of sulfone groups is 1. The minimum Gasteiger partial charge on any atom is -0.306 e. The summed E-state index contributed by atoms with van der Waals surface area (Å²) in [6.07, 6.45) is 0.300. The van der Waals surface area contributed by atoms with E-state index in [-0.39, 0.29) is 29.4 Å². The molecule has 0 N–H and O–H groups in total. The standard InChI is InChI=1S/C13H14ClNO3S/c1-8-2-3-11(10(14)4-8)15-12-7-19(17,18)6-9(12)5-13(15)16/h2-4,9,12H,5-7H2,1H3/t9-,12+/m1/s1. The zero-order valence-corrected chi connectivity index (χ0v) is 12.0. The van der Waals surface area contributed by atoms with E-state index >= 15 is 0 Å². The molecule has 0 aliphatic carbocycles. The molecule has 0 bridgehead atoms. The lowest BCUT2D eigenvalue weighted by Crippen LogP contribution is -2.36. The number of hydrogen-bond acceptors (Lipinski definition) is 3. The van der Waals surface area contributed by atoms with Gasteiger partial charge in [-0.3, -0.25) is 4.79 Å². The number of amides is 1. The fourth-order valence-electron chi connectivity index (χ4n) is 3.01. The van der Waals surface area contributed by atoms with Gasteiger partial charge >= 0.3 is 0 Å². The number of aryl methyl sites for hydroxylation is 1. The van der Waals surface area contributed by atoms with Crippen LogP contribution >= 0.6 is 11.6 Å². The first kappa shape index (κ1) is 12.9. The fraction of sp³-hybridized carbons (Fsp3) is 0.462. The lowest BCUT2D eigenvalue weighted by molar-refractivity contribution is -0.117. The second-order valence-electron chi connectivity index (χ2n) is 5.33. The summed E-state index contributed by atoms with van der Waals surface area (Å²) in [7, 11) is -3.03. The third-order valence-corrected chi connectivity index (χ3v) is 5.92. The van der Waals surface area contributed by atoms with Crippen molar-refractivity contribution in [2.75, 3.05) is 16.4 Å². The van der Waals surface area contributed by atoms with Crippen LogP contribution in [0, 0.1) is 12.8 Å². The molecule has 2 aliphatic rings. The third kappa shape index (κ3) is 2.15. The number of hydrogen-bond donors (Lipinski definition) is 0. The number of benzene rings is 1. The first-order valence-corrected chi connectivity index (χ1v) is 8.36. The molecule has 2 fully saturated rings. The molecule has 1 aromatic carbocycles. The van der Waals surface area contributed by atoms with Crippen molar-refractivity contribution in [3.05, 3.63) is 28.8 Å². The van der Waals surface area contributed by atoms with Gasteiger partial charge in [0.2, 0.25) is 5.91 Å². The summed E-state index contributed by atoms with van der Waals surface area (Å²) in [6.45, 7) is 1.92. The highest BCUT2D eigenvalue weighted by atomic mass is 35.5. The predicted octanol–water partition coefficient (Wildman–Crippen LogP) is 1.80. The first-order chi connectivity index (χ1) is 8.87. The smallest absolute Gasteiger partial charge is 0.227 e. The SMILES string of the molecule is Cc1ccc(N2C(=O)C[C@@H]3CS(=O)(=O)C[C@@H]32)c(Cl)c1. The molecule has 0 unspecified atom stereocenters. The van der Waals surface area contributed by atoms with E-state index in [1.54, 1.807) is 17.0 Å². The zero-order valence-electron chi connectivity index (χ0n) is 10.5. The Labute approximate surface area is 117 Å². The molecule has 1 amide bonds.